The number of H-pyrrole nitrogens is 1. The molecule has 1 aromatic carbocycles. The lowest BCUT2D eigenvalue weighted by Gasteiger charge is -2.28. The molecule has 0 fully saturated rings. The molecular weight excluding hydrogens is 364 g/mol. The number of benzene rings is 1. The van der Waals surface area contributed by atoms with Crippen LogP contribution >= 0.6 is 0 Å². The monoisotopic (exact) mass is 394 g/mol. The minimum atomic E-state index is -0.0114. The number of aliphatic imine (C=N–C) groups is 1. The Labute approximate surface area is 172 Å². The van der Waals surface area contributed by atoms with Gasteiger partial charge in [-0.2, -0.15) is 0 Å². The number of aromatic nitrogens is 2. The van der Waals surface area contributed by atoms with Crippen molar-refractivity contribution in [2.24, 2.45) is 4.99 Å². The number of rotatable bonds is 7. The molecule has 0 saturated carbocycles. The predicted octanol–water partition coefficient (Wildman–Crippen LogP) is 3.48. The van der Waals surface area contributed by atoms with E-state index in [1.165, 1.54) is 5.56 Å². The van der Waals surface area contributed by atoms with Crippen molar-refractivity contribution in [2.45, 2.75) is 58.5 Å². The van der Waals surface area contributed by atoms with Crippen molar-refractivity contribution in [2.75, 3.05) is 19.7 Å². The normalized spacial score (nSPS) is 16.9. The third-order valence-corrected chi connectivity index (χ3v) is 5.64. The topological polar surface area (TPSA) is 70.6 Å². The van der Waals surface area contributed by atoms with Crippen LogP contribution in [-0.4, -0.2) is 40.3 Å². The van der Waals surface area contributed by atoms with Crippen LogP contribution in [0.15, 0.2) is 34.1 Å². The summed E-state index contributed by atoms with van der Waals surface area (Å²) < 4.78 is 5.74. The molecule has 1 N–H and O–H groups in total. The minimum Gasteiger partial charge on any atom is -0.494 e. The van der Waals surface area contributed by atoms with Crippen molar-refractivity contribution in [3.63, 3.8) is 0 Å². The lowest BCUT2D eigenvalue weighted by molar-refractivity contribution is 0.241. The molecule has 2 aliphatic rings. The van der Waals surface area contributed by atoms with Crippen molar-refractivity contribution in [1.82, 2.24) is 14.9 Å². The first-order chi connectivity index (χ1) is 14.2. The van der Waals surface area contributed by atoms with Crippen LogP contribution < -0.4 is 10.3 Å². The summed E-state index contributed by atoms with van der Waals surface area (Å²) >= 11 is 0. The third kappa shape index (κ3) is 4.93. The summed E-state index contributed by atoms with van der Waals surface area (Å²) in [5.41, 5.74) is 3.92. The average Bonchev–Trinajstić information content (AvgIpc) is 2.76. The van der Waals surface area contributed by atoms with Crippen molar-refractivity contribution in [1.29, 1.82) is 0 Å². The molecule has 2 aliphatic heterocycles. The first kappa shape index (κ1) is 19.8. The largest absolute Gasteiger partial charge is 0.494 e. The fraction of sp³-hybridized carbons (Fsp3) is 0.522. The highest BCUT2D eigenvalue weighted by Crippen LogP contribution is 2.19. The van der Waals surface area contributed by atoms with Crippen LogP contribution in [0.2, 0.25) is 0 Å². The number of nitrogens with one attached hydrogen (secondary N) is 1. The van der Waals surface area contributed by atoms with Gasteiger partial charge in [0, 0.05) is 32.6 Å². The molecule has 2 aromatic rings. The third-order valence-electron chi connectivity index (χ3n) is 5.64. The second-order valence-corrected chi connectivity index (χ2v) is 7.93. The Bertz CT molecular complexity index is 917. The van der Waals surface area contributed by atoms with Gasteiger partial charge in [0.1, 0.15) is 5.75 Å². The Morgan fingerprint density at radius 3 is 2.79 bits per heavy atom. The highest BCUT2D eigenvalue weighted by molar-refractivity contribution is 5.97. The van der Waals surface area contributed by atoms with Gasteiger partial charge in [-0.1, -0.05) is 25.5 Å². The number of unbranched alkanes of at least 4 members (excludes halogenated alkanes) is 1. The molecule has 1 aromatic heterocycles. The van der Waals surface area contributed by atoms with Gasteiger partial charge >= 0.3 is 0 Å². The molecule has 29 heavy (non-hydrogen) atoms. The zero-order valence-corrected chi connectivity index (χ0v) is 17.2. The van der Waals surface area contributed by atoms with E-state index >= 15 is 0 Å². The molecule has 154 valence electrons. The van der Waals surface area contributed by atoms with Crippen LogP contribution in [0.5, 0.6) is 5.75 Å². The fourth-order valence-electron chi connectivity index (χ4n) is 3.93. The summed E-state index contributed by atoms with van der Waals surface area (Å²) in [4.78, 5) is 27.3. The lowest BCUT2D eigenvalue weighted by Crippen LogP contribution is -2.36. The van der Waals surface area contributed by atoms with Crippen LogP contribution in [0.3, 0.4) is 0 Å². The molecule has 0 aliphatic carbocycles. The van der Waals surface area contributed by atoms with Gasteiger partial charge in [-0.15, -0.1) is 0 Å². The maximum absolute atomic E-state index is 12.7. The molecular formula is C23H30N4O2. The quantitative estimate of drug-likeness (QED) is 0.730. The molecule has 0 radical (unpaired) electrons. The number of aromatic amines is 1. The number of fused-ring (bicyclic) bond motifs is 1. The standard InChI is InChI=1S/C23H30N4O2/c1-2-3-14-29-18-9-7-17(8-10-18)15-27-13-11-20-19(16-27)23(28)26-22(25-20)21-6-4-5-12-24-21/h7-10H,2-6,11-16H2,1H3,(H,25,26,28). The first-order valence-electron chi connectivity index (χ1n) is 10.8. The summed E-state index contributed by atoms with van der Waals surface area (Å²) in [5, 5.41) is 0. The SMILES string of the molecule is CCCCOc1ccc(CN2CCc3nc(C4=NCCCC4)[nH]c(=O)c3C2)cc1. The Morgan fingerprint density at radius 2 is 2.03 bits per heavy atom. The molecule has 0 amide bonds. The summed E-state index contributed by atoms with van der Waals surface area (Å²) in [7, 11) is 0. The second-order valence-electron chi connectivity index (χ2n) is 7.93. The fourth-order valence-corrected chi connectivity index (χ4v) is 3.93. The summed E-state index contributed by atoms with van der Waals surface area (Å²) in [6, 6.07) is 8.30. The van der Waals surface area contributed by atoms with Gasteiger partial charge in [0.15, 0.2) is 5.82 Å². The van der Waals surface area contributed by atoms with Gasteiger partial charge in [0.25, 0.3) is 5.56 Å². The van der Waals surface area contributed by atoms with Gasteiger partial charge < -0.3 is 9.72 Å². The molecule has 0 spiro atoms. The zero-order valence-electron chi connectivity index (χ0n) is 17.2. The van der Waals surface area contributed by atoms with E-state index in [4.69, 9.17) is 9.72 Å². The van der Waals surface area contributed by atoms with Crippen LogP contribution in [-0.2, 0) is 19.5 Å². The molecule has 0 atom stereocenters. The molecule has 4 rings (SSSR count). The van der Waals surface area contributed by atoms with Crippen molar-refractivity contribution in [3.8, 4) is 5.75 Å². The Kier molecular flexibility index (Phi) is 6.39. The maximum atomic E-state index is 12.7. The Balaban J connectivity index is 1.41. The summed E-state index contributed by atoms with van der Waals surface area (Å²) in [6.45, 7) is 6.13. The van der Waals surface area contributed by atoms with Crippen LogP contribution in [0, 0.1) is 0 Å². The molecule has 0 saturated heterocycles. The van der Waals surface area contributed by atoms with E-state index in [1.54, 1.807) is 0 Å². The maximum Gasteiger partial charge on any atom is 0.255 e. The Hall–Kier alpha value is -2.47. The molecule has 3 heterocycles. The predicted molar refractivity (Wildman–Crippen MR) is 115 cm³/mol. The van der Waals surface area contributed by atoms with Crippen molar-refractivity contribution < 1.29 is 4.74 Å². The van der Waals surface area contributed by atoms with Crippen LogP contribution in [0.4, 0.5) is 0 Å². The van der Waals surface area contributed by atoms with Gasteiger partial charge in [-0.3, -0.25) is 14.7 Å². The van der Waals surface area contributed by atoms with E-state index < -0.39 is 0 Å². The molecule has 0 unspecified atom stereocenters. The van der Waals surface area contributed by atoms with E-state index in [2.05, 4.69) is 33.9 Å². The van der Waals surface area contributed by atoms with E-state index in [-0.39, 0.29) is 5.56 Å². The average molecular weight is 395 g/mol. The number of hydrogen-bond acceptors (Lipinski definition) is 5. The number of hydrogen-bond donors (Lipinski definition) is 1. The zero-order chi connectivity index (χ0) is 20.1. The summed E-state index contributed by atoms with van der Waals surface area (Å²) in [6.07, 6.45) is 6.17. The van der Waals surface area contributed by atoms with E-state index in [0.717, 1.165) is 87.5 Å². The van der Waals surface area contributed by atoms with Gasteiger partial charge in [0.05, 0.1) is 23.6 Å². The highest BCUT2D eigenvalue weighted by atomic mass is 16.5. The lowest BCUT2D eigenvalue weighted by atomic mass is 10.0. The van der Waals surface area contributed by atoms with Gasteiger partial charge in [-0.25, -0.2) is 4.98 Å². The molecule has 6 nitrogen and oxygen atoms in total. The first-order valence-corrected chi connectivity index (χ1v) is 10.8. The second kappa shape index (κ2) is 9.35. The van der Waals surface area contributed by atoms with E-state index in [0.29, 0.717) is 12.4 Å². The highest BCUT2D eigenvalue weighted by Gasteiger charge is 2.22. The van der Waals surface area contributed by atoms with Crippen LogP contribution in [0.25, 0.3) is 0 Å². The van der Waals surface area contributed by atoms with Gasteiger partial charge in [0.2, 0.25) is 0 Å². The summed E-state index contributed by atoms with van der Waals surface area (Å²) in [5.74, 6) is 1.60. The Morgan fingerprint density at radius 1 is 1.17 bits per heavy atom. The van der Waals surface area contributed by atoms with Gasteiger partial charge in [-0.05, 0) is 43.4 Å². The smallest absolute Gasteiger partial charge is 0.255 e. The van der Waals surface area contributed by atoms with E-state index in [9.17, 15) is 4.79 Å². The number of nitrogens with zero attached hydrogens (tertiary/aromatic N) is 3. The molecule has 6 heteroatoms. The minimum absolute atomic E-state index is 0.0114. The van der Waals surface area contributed by atoms with Crippen LogP contribution in [0.1, 0.15) is 61.7 Å². The number of ether oxygens (including phenoxy) is 1. The molecule has 0 bridgehead atoms. The van der Waals surface area contributed by atoms with E-state index in [1.807, 2.05) is 12.1 Å². The van der Waals surface area contributed by atoms with Crippen molar-refractivity contribution >= 4 is 5.71 Å². The van der Waals surface area contributed by atoms with Crippen molar-refractivity contribution in [3.05, 3.63) is 57.3 Å².